The highest BCUT2D eigenvalue weighted by molar-refractivity contribution is 6.31. The topological polar surface area (TPSA) is 66.8 Å². The van der Waals surface area contributed by atoms with Crippen LogP contribution in [0.4, 0.5) is 0 Å². The van der Waals surface area contributed by atoms with Gasteiger partial charge >= 0.3 is 5.97 Å². The molecule has 0 aromatic heterocycles. The molecule has 20 heavy (non-hydrogen) atoms. The lowest BCUT2D eigenvalue weighted by Gasteiger charge is -2.35. The molecule has 1 aromatic rings. The third kappa shape index (κ3) is 3.29. The molecule has 1 N–H and O–H groups in total. The summed E-state index contributed by atoms with van der Waals surface area (Å²) in [5, 5.41) is 9.41. The summed E-state index contributed by atoms with van der Waals surface area (Å²) in [5.41, 5.74) is 1.33. The van der Waals surface area contributed by atoms with Crippen molar-refractivity contribution in [1.29, 1.82) is 0 Å². The average molecular weight is 298 g/mol. The van der Waals surface area contributed by atoms with Crippen molar-refractivity contribution < 1.29 is 19.4 Å². The highest BCUT2D eigenvalue weighted by Gasteiger charge is 2.30. The van der Waals surface area contributed by atoms with Crippen LogP contribution in [-0.4, -0.2) is 47.7 Å². The second-order valence-electron chi connectivity index (χ2n) is 4.78. The molecule has 2 rings (SSSR count). The van der Waals surface area contributed by atoms with Gasteiger partial charge in [-0.3, -0.25) is 9.59 Å². The number of amides is 1. The Kier molecular flexibility index (Phi) is 4.62. The minimum Gasteiger partial charge on any atom is -0.481 e. The Morgan fingerprint density at radius 1 is 1.50 bits per heavy atom. The van der Waals surface area contributed by atoms with Crippen LogP contribution in [0.5, 0.6) is 0 Å². The normalized spacial score (nSPS) is 18.9. The number of benzene rings is 1. The number of carboxylic acid groups (broad SMARTS) is 1. The lowest BCUT2D eigenvalue weighted by Crippen LogP contribution is -2.49. The van der Waals surface area contributed by atoms with Gasteiger partial charge in [-0.15, -0.1) is 0 Å². The fraction of sp³-hybridized carbons (Fsp3) is 0.429. The van der Waals surface area contributed by atoms with E-state index in [1.54, 1.807) is 23.1 Å². The summed E-state index contributed by atoms with van der Waals surface area (Å²) in [7, 11) is 0. The molecular weight excluding hydrogens is 282 g/mol. The van der Waals surface area contributed by atoms with E-state index in [0.29, 0.717) is 23.7 Å². The fourth-order valence-electron chi connectivity index (χ4n) is 2.27. The van der Waals surface area contributed by atoms with Crippen molar-refractivity contribution in [3.63, 3.8) is 0 Å². The predicted molar refractivity (Wildman–Crippen MR) is 74.1 cm³/mol. The van der Waals surface area contributed by atoms with Gasteiger partial charge in [0.2, 0.25) is 0 Å². The van der Waals surface area contributed by atoms with E-state index in [1.807, 2.05) is 6.92 Å². The van der Waals surface area contributed by atoms with E-state index < -0.39 is 12.0 Å². The highest BCUT2D eigenvalue weighted by atomic mass is 35.5. The van der Waals surface area contributed by atoms with Gasteiger partial charge in [-0.05, 0) is 24.6 Å². The summed E-state index contributed by atoms with van der Waals surface area (Å²) in [6, 6.07) is 4.68. The Hall–Kier alpha value is -1.59. The lowest BCUT2D eigenvalue weighted by atomic mass is 10.0. The Morgan fingerprint density at radius 2 is 2.25 bits per heavy atom. The highest BCUT2D eigenvalue weighted by Crippen LogP contribution is 2.20. The number of aliphatic carboxylic acids is 1. The standard InChI is InChI=1S/C14H16ClNO4/c1-9-2-3-10(15)6-12(9)14(19)16-4-5-20-8-11(16)7-13(17)18/h2-3,6,11H,4-5,7-8H2,1H3,(H,17,18). The molecule has 0 bridgehead atoms. The minimum atomic E-state index is -0.943. The first-order valence-corrected chi connectivity index (χ1v) is 6.73. The van der Waals surface area contributed by atoms with Crippen LogP contribution in [0.2, 0.25) is 5.02 Å². The van der Waals surface area contributed by atoms with Gasteiger partial charge in [0, 0.05) is 17.1 Å². The maximum absolute atomic E-state index is 12.6. The molecule has 0 radical (unpaired) electrons. The van der Waals surface area contributed by atoms with Crippen molar-refractivity contribution in [3.05, 3.63) is 34.3 Å². The van der Waals surface area contributed by atoms with Gasteiger partial charge in [0.25, 0.3) is 5.91 Å². The van der Waals surface area contributed by atoms with Gasteiger partial charge in [-0.1, -0.05) is 17.7 Å². The quantitative estimate of drug-likeness (QED) is 0.926. The predicted octanol–water partition coefficient (Wildman–Crippen LogP) is 1.96. The van der Waals surface area contributed by atoms with Crippen LogP contribution in [0, 0.1) is 6.92 Å². The first-order chi connectivity index (χ1) is 9.49. The summed E-state index contributed by atoms with van der Waals surface area (Å²) < 4.78 is 5.27. The van der Waals surface area contributed by atoms with Crippen LogP contribution in [0.25, 0.3) is 0 Å². The van der Waals surface area contributed by atoms with Crippen LogP contribution in [0.1, 0.15) is 22.3 Å². The first-order valence-electron chi connectivity index (χ1n) is 6.35. The van der Waals surface area contributed by atoms with Crippen molar-refractivity contribution in [2.45, 2.75) is 19.4 Å². The van der Waals surface area contributed by atoms with Crippen LogP contribution in [0.3, 0.4) is 0 Å². The molecule has 5 nitrogen and oxygen atoms in total. The zero-order valence-electron chi connectivity index (χ0n) is 11.1. The van der Waals surface area contributed by atoms with Crippen molar-refractivity contribution in [2.75, 3.05) is 19.8 Å². The summed E-state index contributed by atoms with van der Waals surface area (Å²) >= 11 is 5.93. The van der Waals surface area contributed by atoms with Crippen molar-refractivity contribution in [3.8, 4) is 0 Å². The average Bonchev–Trinajstić information content (AvgIpc) is 2.41. The fourth-order valence-corrected chi connectivity index (χ4v) is 2.44. The van der Waals surface area contributed by atoms with Crippen LogP contribution < -0.4 is 0 Å². The van der Waals surface area contributed by atoms with E-state index in [-0.39, 0.29) is 18.9 Å². The van der Waals surface area contributed by atoms with Gasteiger partial charge in [-0.2, -0.15) is 0 Å². The van der Waals surface area contributed by atoms with E-state index in [9.17, 15) is 9.59 Å². The lowest BCUT2D eigenvalue weighted by molar-refractivity contribution is -0.139. The molecule has 1 atom stereocenters. The molecule has 108 valence electrons. The molecule has 6 heteroatoms. The van der Waals surface area contributed by atoms with E-state index in [4.69, 9.17) is 21.4 Å². The van der Waals surface area contributed by atoms with Crippen molar-refractivity contribution >= 4 is 23.5 Å². The number of carbonyl (C=O) groups excluding carboxylic acids is 1. The Bertz CT molecular complexity index is 532. The monoisotopic (exact) mass is 297 g/mol. The second kappa shape index (κ2) is 6.24. The van der Waals surface area contributed by atoms with Gasteiger partial charge in [-0.25, -0.2) is 0 Å². The number of carboxylic acids is 1. The molecule has 1 aliphatic rings. The van der Waals surface area contributed by atoms with Crippen LogP contribution in [-0.2, 0) is 9.53 Å². The number of nitrogens with zero attached hydrogens (tertiary/aromatic N) is 1. The second-order valence-corrected chi connectivity index (χ2v) is 5.22. The number of hydrogen-bond acceptors (Lipinski definition) is 3. The van der Waals surface area contributed by atoms with E-state index in [1.165, 1.54) is 0 Å². The van der Waals surface area contributed by atoms with E-state index in [2.05, 4.69) is 0 Å². The van der Waals surface area contributed by atoms with Crippen LogP contribution in [0.15, 0.2) is 18.2 Å². The van der Waals surface area contributed by atoms with Gasteiger partial charge in [0.05, 0.1) is 25.7 Å². The summed E-state index contributed by atoms with van der Waals surface area (Å²) in [4.78, 5) is 25.0. The Morgan fingerprint density at radius 3 is 2.95 bits per heavy atom. The summed E-state index contributed by atoms with van der Waals surface area (Å²) in [6.07, 6.45) is -0.120. The third-order valence-electron chi connectivity index (χ3n) is 3.33. The molecule has 1 amide bonds. The third-order valence-corrected chi connectivity index (χ3v) is 3.56. The molecule has 1 heterocycles. The zero-order valence-corrected chi connectivity index (χ0v) is 11.9. The molecule has 1 fully saturated rings. The number of halogens is 1. The largest absolute Gasteiger partial charge is 0.481 e. The maximum atomic E-state index is 12.6. The Labute approximate surface area is 122 Å². The summed E-state index contributed by atoms with van der Waals surface area (Å²) in [6.45, 7) is 2.89. The number of rotatable bonds is 3. The van der Waals surface area contributed by atoms with Crippen molar-refractivity contribution in [2.24, 2.45) is 0 Å². The molecule has 0 saturated carbocycles. The molecule has 0 spiro atoms. The number of hydrogen-bond donors (Lipinski definition) is 1. The molecular formula is C14H16ClNO4. The minimum absolute atomic E-state index is 0.120. The maximum Gasteiger partial charge on any atom is 0.305 e. The van der Waals surface area contributed by atoms with Gasteiger partial charge < -0.3 is 14.7 Å². The number of carbonyl (C=O) groups is 2. The number of ether oxygens (including phenoxy) is 1. The SMILES string of the molecule is Cc1ccc(Cl)cc1C(=O)N1CCOCC1CC(=O)O. The molecule has 1 aromatic carbocycles. The molecule has 1 unspecified atom stereocenters. The molecule has 1 aliphatic heterocycles. The first kappa shape index (κ1) is 14.8. The van der Waals surface area contributed by atoms with Crippen molar-refractivity contribution in [1.82, 2.24) is 4.90 Å². The number of aryl methyl sites for hydroxylation is 1. The van der Waals surface area contributed by atoms with Crippen LogP contribution >= 0.6 is 11.6 Å². The summed E-state index contributed by atoms with van der Waals surface area (Å²) in [5.74, 6) is -1.14. The smallest absolute Gasteiger partial charge is 0.305 e. The molecule has 0 aliphatic carbocycles. The van der Waals surface area contributed by atoms with Gasteiger partial charge in [0.1, 0.15) is 0 Å². The Balaban J connectivity index is 2.25. The van der Waals surface area contributed by atoms with E-state index >= 15 is 0 Å². The number of morpholine rings is 1. The van der Waals surface area contributed by atoms with E-state index in [0.717, 1.165) is 5.56 Å². The molecule has 1 saturated heterocycles. The zero-order chi connectivity index (χ0) is 14.7. The van der Waals surface area contributed by atoms with Gasteiger partial charge in [0.15, 0.2) is 0 Å².